The van der Waals surface area contributed by atoms with Gasteiger partial charge in [-0.25, -0.2) is 23.2 Å². The average molecular weight is 368 g/mol. The monoisotopic (exact) mass is 368 g/mol. The van der Waals surface area contributed by atoms with E-state index < -0.39 is 21.1 Å². The summed E-state index contributed by atoms with van der Waals surface area (Å²) in [5, 5.41) is 6.57. The highest BCUT2D eigenvalue weighted by atomic mass is 32.2. The Labute approximate surface area is 143 Å². The van der Waals surface area contributed by atoms with Crippen LogP contribution in [0.15, 0.2) is 28.2 Å². The van der Waals surface area contributed by atoms with E-state index in [1.165, 1.54) is 31.0 Å². The minimum Gasteiger partial charge on any atom is -0.491 e. The summed E-state index contributed by atoms with van der Waals surface area (Å²) >= 11 is 1.18. The van der Waals surface area contributed by atoms with Gasteiger partial charge in [0.05, 0.1) is 24.6 Å². The van der Waals surface area contributed by atoms with E-state index in [1.807, 2.05) is 0 Å². The number of nitrogens with zero attached hydrogens (tertiary/aromatic N) is 2. The van der Waals surface area contributed by atoms with Crippen molar-refractivity contribution < 1.29 is 17.9 Å². The Kier molecular flexibility index (Phi) is 4.41. The smallest absolute Gasteiger partial charge is 0.320 e. The first-order valence-corrected chi connectivity index (χ1v) is 9.59. The molecule has 2 aromatic rings. The number of hydrogen-bond acceptors (Lipinski definition) is 7. The number of nitrogens with one attached hydrogen (secondary N) is 2. The normalized spacial score (nSPS) is 21.6. The Morgan fingerprint density at radius 3 is 3.00 bits per heavy atom. The molecule has 3 rings (SSSR count). The molecule has 0 saturated heterocycles. The van der Waals surface area contributed by atoms with Gasteiger partial charge in [0.2, 0.25) is 0 Å². The lowest BCUT2D eigenvalue weighted by Crippen LogP contribution is -2.38. The lowest BCUT2D eigenvalue weighted by atomic mass is 10.1. The van der Waals surface area contributed by atoms with Crippen molar-refractivity contribution in [1.29, 1.82) is 0 Å². The van der Waals surface area contributed by atoms with Gasteiger partial charge in [-0.05, 0) is 24.8 Å². The number of sulfone groups is 1. The zero-order valence-electron chi connectivity index (χ0n) is 13.0. The van der Waals surface area contributed by atoms with Crippen LogP contribution >= 0.6 is 11.3 Å². The van der Waals surface area contributed by atoms with Crippen molar-refractivity contribution in [2.45, 2.75) is 28.8 Å². The van der Waals surface area contributed by atoms with Crippen molar-refractivity contribution in [2.24, 2.45) is 0 Å². The molecule has 2 N–H and O–H groups in total. The number of hydrogen-bond donors (Lipinski definition) is 2. The standard InChI is InChI=1S/C14H16N4O4S2/c1-8-5-10(9-3-4-23-13(9)24(8,20)21)17-14(19)18-12-11(22-2)6-15-7-16-12/h3-4,6-8,10H,5H2,1-2H3,(H2,15,16,17,18,19)/t8-,10-/m0/s1. The van der Waals surface area contributed by atoms with Crippen LogP contribution in [-0.2, 0) is 9.84 Å². The van der Waals surface area contributed by atoms with Gasteiger partial charge in [0.1, 0.15) is 10.5 Å². The average Bonchev–Trinajstić information content (AvgIpc) is 3.04. The second kappa shape index (κ2) is 6.36. The zero-order chi connectivity index (χ0) is 17.3. The van der Waals surface area contributed by atoms with Crippen LogP contribution in [-0.4, -0.2) is 36.8 Å². The van der Waals surface area contributed by atoms with Crippen LogP contribution in [0.1, 0.15) is 24.9 Å². The van der Waals surface area contributed by atoms with E-state index >= 15 is 0 Å². The minimum absolute atomic E-state index is 0.243. The van der Waals surface area contributed by atoms with Gasteiger partial charge in [0.15, 0.2) is 21.4 Å². The number of ether oxygens (including phenoxy) is 1. The van der Waals surface area contributed by atoms with E-state index in [4.69, 9.17) is 4.74 Å². The fourth-order valence-corrected chi connectivity index (χ4v) is 5.79. The first kappa shape index (κ1) is 16.7. The van der Waals surface area contributed by atoms with Gasteiger partial charge in [0.25, 0.3) is 0 Å². The molecule has 1 aliphatic heterocycles. The molecule has 0 unspecified atom stereocenters. The minimum atomic E-state index is -3.31. The van der Waals surface area contributed by atoms with Gasteiger partial charge in [0, 0.05) is 5.56 Å². The van der Waals surface area contributed by atoms with Gasteiger partial charge >= 0.3 is 6.03 Å². The maximum atomic E-state index is 12.3. The molecule has 2 aromatic heterocycles. The summed E-state index contributed by atoms with van der Waals surface area (Å²) in [6.07, 6.45) is 3.06. The number of aromatic nitrogens is 2. The summed E-state index contributed by atoms with van der Waals surface area (Å²) in [6.45, 7) is 1.65. The van der Waals surface area contributed by atoms with Crippen molar-refractivity contribution >= 4 is 33.0 Å². The quantitative estimate of drug-likeness (QED) is 0.857. The SMILES string of the molecule is COc1cncnc1NC(=O)N[C@H]1C[C@H](C)S(=O)(=O)c2sccc21. The Balaban J connectivity index is 1.78. The van der Waals surface area contributed by atoms with Crippen LogP contribution in [0.3, 0.4) is 0 Å². The fraction of sp³-hybridized carbons (Fsp3) is 0.357. The molecule has 128 valence electrons. The molecule has 3 heterocycles. The van der Waals surface area contributed by atoms with E-state index in [1.54, 1.807) is 18.4 Å². The number of fused-ring (bicyclic) bond motifs is 1. The molecule has 0 aliphatic carbocycles. The number of methoxy groups -OCH3 is 1. The van der Waals surface area contributed by atoms with E-state index in [9.17, 15) is 13.2 Å². The molecule has 24 heavy (non-hydrogen) atoms. The molecule has 2 atom stereocenters. The van der Waals surface area contributed by atoms with Gasteiger partial charge in [-0.2, -0.15) is 0 Å². The lowest BCUT2D eigenvalue weighted by Gasteiger charge is -2.28. The third-order valence-electron chi connectivity index (χ3n) is 3.83. The number of rotatable bonds is 3. The Bertz CT molecular complexity index is 865. The third kappa shape index (κ3) is 2.94. The third-order valence-corrected chi connectivity index (χ3v) is 7.54. The first-order valence-electron chi connectivity index (χ1n) is 7.16. The molecular formula is C14H16N4O4S2. The first-order chi connectivity index (χ1) is 11.4. The van der Waals surface area contributed by atoms with Crippen LogP contribution in [0.4, 0.5) is 10.6 Å². The maximum Gasteiger partial charge on any atom is 0.320 e. The molecule has 0 saturated carbocycles. The number of urea groups is 1. The van der Waals surface area contributed by atoms with E-state index in [0.717, 1.165) is 0 Å². The molecule has 0 bridgehead atoms. The van der Waals surface area contributed by atoms with Crippen molar-refractivity contribution in [3.05, 3.63) is 29.5 Å². The van der Waals surface area contributed by atoms with E-state index in [0.29, 0.717) is 21.9 Å². The summed E-state index contributed by atoms with van der Waals surface area (Å²) in [6, 6.07) is 0.873. The maximum absolute atomic E-state index is 12.3. The van der Waals surface area contributed by atoms with Crippen molar-refractivity contribution in [1.82, 2.24) is 15.3 Å². The molecule has 0 aromatic carbocycles. The number of carbonyl (C=O) groups is 1. The number of thiophene rings is 1. The Hall–Kier alpha value is -2.20. The number of anilines is 1. The molecule has 0 radical (unpaired) electrons. The van der Waals surface area contributed by atoms with Gasteiger partial charge in [-0.15, -0.1) is 11.3 Å². The van der Waals surface area contributed by atoms with Crippen molar-refractivity contribution in [2.75, 3.05) is 12.4 Å². The van der Waals surface area contributed by atoms with Crippen LogP contribution in [0.2, 0.25) is 0 Å². The molecule has 0 fully saturated rings. The Morgan fingerprint density at radius 1 is 1.46 bits per heavy atom. The zero-order valence-corrected chi connectivity index (χ0v) is 14.6. The van der Waals surface area contributed by atoms with Gasteiger partial charge < -0.3 is 10.1 Å². The molecule has 8 nitrogen and oxygen atoms in total. The summed E-state index contributed by atoms with van der Waals surface area (Å²) in [5.74, 6) is 0.579. The number of amides is 2. The number of carbonyl (C=O) groups excluding carboxylic acids is 1. The van der Waals surface area contributed by atoms with Gasteiger partial charge in [-0.3, -0.25) is 5.32 Å². The summed E-state index contributed by atoms with van der Waals surface area (Å²) < 4.78 is 30.0. The second-order valence-corrected chi connectivity index (χ2v) is 8.82. The topological polar surface area (TPSA) is 110 Å². The molecule has 1 aliphatic rings. The lowest BCUT2D eigenvalue weighted by molar-refractivity contribution is 0.247. The van der Waals surface area contributed by atoms with Crippen LogP contribution in [0.25, 0.3) is 0 Å². The van der Waals surface area contributed by atoms with Crippen molar-refractivity contribution in [3.8, 4) is 5.75 Å². The highest BCUT2D eigenvalue weighted by Gasteiger charge is 2.38. The highest BCUT2D eigenvalue weighted by molar-refractivity contribution is 7.94. The molecule has 0 spiro atoms. The van der Waals surface area contributed by atoms with E-state index in [-0.39, 0.29) is 11.9 Å². The van der Waals surface area contributed by atoms with Crippen LogP contribution in [0.5, 0.6) is 5.75 Å². The summed E-state index contributed by atoms with van der Waals surface area (Å²) in [7, 11) is -1.86. The van der Waals surface area contributed by atoms with E-state index in [2.05, 4.69) is 20.6 Å². The summed E-state index contributed by atoms with van der Waals surface area (Å²) in [5.41, 5.74) is 0.628. The van der Waals surface area contributed by atoms with Crippen LogP contribution < -0.4 is 15.4 Å². The second-order valence-electron chi connectivity index (χ2n) is 5.35. The van der Waals surface area contributed by atoms with Crippen LogP contribution in [0, 0.1) is 0 Å². The van der Waals surface area contributed by atoms with Gasteiger partial charge in [-0.1, -0.05) is 0 Å². The predicted molar refractivity (Wildman–Crippen MR) is 89.1 cm³/mol. The summed E-state index contributed by atoms with van der Waals surface area (Å²) in [4.78, 5) is 20.0. The Morgan fingerprint density at radius 2 is 2.25 bits per heavy atom. The highest BCUT2D eigenvalue weighted by Crippen LogP contribution is 2.39. The largest absolute Gasteiger partial charge is 0.491 e. The molecule has 10 heteroatoms. The fourth-order valence-electron chi connectivity index (χ4n) is 2.56. The van der Waals surface area contributed by atoms with Crippen molar-refractivity contribution in [3.63, 3.8) is 0 Å². The predicted octanol–water partition coefficient (Wildman–Crippen LogP) is 1.98. The molecular weight excluding hydrogens is 352 g/mol. The molecule has 2 amide bonds.